The van der Waals surface area contributed by atoms with Crippen molar-refractivity contribution in [2.24, 2.45) is 0 Å². The van der Waals surface area contributed by atoms with Gasteiger partial charge in [0.25, 0.3) is 0 Å². The Morgan fingerprint density at radius 2 is 1.39 bits per heavy atom. The van der Waals surface area contributed by atoms with Gasteiger partial charge in [-0.05, 0) is 79.1 Å². The Balaban J connectivity index is 0.883. The van der Waals surface area contributed by atoms with Gasteiger partial charge in [0.05, 0.1) is 31.0 Å². The van der Waals surface area contributed by atoms with Crippen LogP contribution in [-0.2, 0) is 29.4 Å². The van der Waals surface area contributed by atoms with E-state index in [9.17, 15) is 14.3 Å². The van der Waals surface area contributed by atoms with Crippen LogP contribution in [0.25, 0.3) is 16.8 Å². The highest BCUT2D eigenvalue weighted by molar-refractivity contribution is 5.66. The van der Waals surface area contributed by atoms with Gasteiger partial charge in [-0.2, -0.15) is 19.0 Å². The van der Waals surface area contributed by atoms with Crippen molar-refractivity contribution in [3.63, 3.8) is 0 Å². The Morgan fingerprint density at radius 3 is 2.00 bits per heavy atom. The molecule has 0 aliphatic carbocycles. The molecule has 1 N–H and O–H groups in total. The van der Waals surface area contributed by atoms with Gasteiger partial charge in [0.1, 0.15) is 17.8 Å². The molecule has 1 aliphatic rings. The third-order valence-electron chi connectivity index (χ3n) is 11.5. The Hall–Kier alpha value is -6.51. The first-order valence-electron chi connectivity index (χ1n) is 20.4. The van der Waals surface area contributed by atoms with Crippen molar-refractivity contribution in [1.29, 1.82) is 0 Å². The van der Waals surface area contributed by atoms with Crippen LogP contribution in [0.5, 0.6) is 0 Å². The second-order valence-corrected chi connectivity index (χ2v) is 15.3. The fraction of sp³-hybridized carbons (Fsp3) is 0.277. The van der Waals surface area contributed by atoms with Crippen molar-refractivity contribution in [1.82, 2.24) is 29.1 Å². The lowest BCUT2D eigenvalue weighted by Crippen LogP contribution is -2.47. The van der Waals surface area contributed by atoms with Crippen molar-refractivity contribution in [3.8, 4) is 16.8 Å². The number of halogens is 3. The maximum Gasteiger partial charge on any atom is 0.350 e. The summed E-state index contributed by atoms with van der Waals surface area (Å²) < 4.78 is 57.8. The monoisotopic (exact) mass is 828 g/mol. The number of piperazine rings is 1. The Bertz CT molecular complexity index is 2560. The van der Waals surface area contributed by atoms with E-state index in [0.717, 1.165) is 71.2 Å². The lowest BCUT2D eigenvalue weighted by molar-refractivity contribution is -0.207. The maximum atomic E-state index is 16.3. The van der Waals surface area contributed by atoms with E-state index in [1.807, 2.05) is 92.7 Å². The minimum absolute atomic E-state index is 0.212. The van der Waals surface area contributed by atoms with E-state index in [1.165, 1.54) is 53.6 Å². The fourth-order valence-corrected chi connectivity index (χ4v) is 7.99. The molecular weight excluding hydrogens is 782 g/mol. The predicted octanol–water partition coefficient (Wildman–Crippen LogP) is 7.99. The van der Waals surface area contributed by atoms with E-state index >= 15 is 8.78 Å². The molecule has 11 nitrogen and oxygen atoms in total. The second kappa shape index (κ2) is 17.6. The number of aromatic nitrogens is 6. The zero-order valence-corrected chi connectivity index (χ0v) is 33.9. The number of alkyl halides is 2. The topological polar surface area (TPSA) is 106 Å². The van der Waals surface area contributed by atoms with Gasteiger partial charge in [-0.15, -0.1) is 0 Å². The van der Waals surface area contributed by atoms with Crippen molar-refractivity contribution in [2.75, 3.05) is 36.0 Å². The fourth-order valence-electron chi connectivity index (χ4n) is 7.99. The van der Waals surface area contributed by atoms with Crippen molar-refractivity contribution in [2.45, 2.75) is 57.1 Å². The Kier molecular flexibility index (Phi) is 11.9. The van der Waals surface area contributed by atoms with Gasteiger partial charge >= 0.3 is 11.6 Å². The van der Waals surface area contributed by atoms with Gasteiger partial charge < -0.3 is 19.6 Å². The van der Waals surface area contributed by atoms with E-state index in [4.69, 9.17) is 4.74 Å². The number of pyridine rings is 1. The lowest BCUT2D eigenvalue weighted by Gasteiger charge is -2.37. The van der Waals surface area contributed by atoms with Crippen molar-refractivity contribution >= 4 is 11.4 Å². The highest BCUT2D eigenvalue weighted by Gasteiger charge is 2.57. The SMILES string of the molecule is CCC(C(C)OCc1ccccc1)n1ncn(-c2ccc(N3CCN(c4ccc(-c5ccc(C(F)(F)C(O)(Cn6cccn6)c6ccccc6F)nc5)cc4)CC3)cc2)c1=O. The number of aliphatic hydroxyl groups is 1. The Morgan fingerprint density at radius 1 is 0.770 bits per heavy atom. The number of hydrogen-bond acceptors (Lipinski definition) is 8. The minimum atomic E-state index is -3.98. The maximum absolute atomic E-state index is 16.3. The normalized spacial score (nSPS) is 15.4. The summed E-state index contributed by atoms with van der Waals surface area (Å²) in [5.74, 6) is -4.94. The van der Waals surface area contributed by atoms with Crippen molar-refractivity contribution < 1.29 is 23.0 Å². The summed E-state index contributed by atoms with van der Waals surface area (Å²) in [6.07, 6.45) is 6.21. The van der Waals surface area contributed by atoms with Crippen LogP contribution in [0.1, 0.15) is 43.1 Å². The van der Waals surface area contributed by atoms with Gasteiger partial charge in [-0.1, -0.05) is 73.7 Å². The lowest BCUT2D eigenvalue weighted by atomic mass is 9.84. The summed E-state index contributed by atoms with van der Waals surface area (Å²) in [4.78, 5) is 22.2. The van der Waals surface area contributed by atoms with E-state index in [-0.39, 0.29) is 17.8 Å². The van der Waals surface area contributed by atoms with E-state index in [0.29, 0.717) is 18.6 Å². The van der Waals surface area contributed by atoms with E-state index in [1.54, 1.807) is 10.9 Å². The molecule has 0 saturated carbocycles. The molecule has 3 aromatic heterocycles. The average Bonchev–Trinajstić information content (AvgIpc) is 3.96. The van der Waals surface area contributed by atoms with Crippen LogP contribution >= 0.6 is 0 Å². The molecule has 4 heterocycles. The minimum Gasteiger partial charge on any atom is -0.377 e. The van der Waals surface area contributed by atoms with Crippen LogP contribution in [-0.4, -0.2) is 66.5 Å². The van der Waals surface area contributed by atoms with Crippen molar-refractivity contribution in [3.05, 3.63) is 179 Å². The first-order chi connectivity index (χ1) is 29.6. The van der Waals surface area contributed by atoms with Gasteiger partial charge in [0, 0.05) is 67.3 Å². The zero-order chi connectivity index (χ0) is 42.6. The predicted molar refractivity (Wildman–Crippen MR) is 228 cm³/mol. The Labute approximate surface area is 351 Å². The molecule has 0 bridgehead atoms. The third-order valence-corrected chi connectivity index (χ3v) is 11.5. The molecule has 0 amide bonds. The summed E-state index contributed by atoms with van der Waals surface area (Å²) >= 11 is 0. The molecular formula is C47H47F3N8O3. The largest absolute Gasteiger partial charge is 0.377 e. The quantitative estimate of drug-likeness (QED) is 0.111. The third kappa shape index (κ3) is 8.46. The molecule has 14 heteroatoms. The molecule has 8 rings (SSSR count). The highest BCUT2D eigenvalue weighted by Crippen LogP contribution is 2.47. The van der Waals surface area contributed by atoms with Crippen LogP contribution in [0.4, 0.5) is 24.5 Å². The van der Waals surface area contributed by atoms with Crippen LogP contribution in [0.3, 0.4) is 0 Å². The molecule has 7 aromatic rings. The van der Waals surface area contributed by atoms with Gasteiger partial charge in [0.15, 0.2) is 5.60 Å². The summed E-state index contributed by atoms with van der Waals surface area (Å²) in [6.45, 7) is 6.92. The molecule has 4 aromatic carbocycles. The first kappa shape index (κ1) is 41.2. The molecule has 1 saturated heterocycles. The first-order valence-corrected chi connectivity index (χ1v) is 20.4. The smallest absolute Gasteiger partial charge is 0.350 e. The summed E-state index contributed by atoms with van der Waals surface area (Å²) in [7, 11) is 0. The molecule has 0 spiro atoms. The van der Waals surface area contributed by atoms with Gasteiger partial charge in [-0.25, -0.2) is 18.4 Å². The number of benzene rings is 4. The number of anilines is 2. The number of ether oxygens (including phenoxy) is 1. The van der Waals surface area contributed by atoms with Crippen LogP contribution in [0.15, 0.2) is 151 Å². The highest BCUT2D eigenvalue weighted by atomic mass is 19.3. The van der Waals surface area contributed by atoms with Gasteiger partial charge in [0.2, 0.25) is 0 Å². The molecule has 0 radical (unpaired) electrons. The molecule has 61 heavy (non-hydrogen) atoms. The summed E-state index contributed by atoms with van der Waals surface area (Å²) in [5.41, 5.74) is 0.867. The summed E-state index contributed by atoms with van der Waals surface area (Å²) in [6, 6.07) is 34.7. The van der Waals surface area contributed by atoms with Crippen LogP contribution in [0.2, 0.25) is 0 Å². The van der Waals surface area contributed by atoms with Crippen LogP contribution in [0, 0.1) is 5.82 Å². The molecule has 3 unspecified atom stereocenters. The van der Waals surface area contributed by atoms with Gasteiger partial charge in [-0.3, -0.25) is 9.67 Å². The number of hydrogen-bond donors (Lipinski definition) is 1. The number of rotatable bonds is 15. The molecule has 1 aliphatic heterocycles. The molecule has 3 atom stereocenters. The van der Waals surface area contributed by atoms with Crippen LogP contribution < -0.4 is 15.5 Å². The molecule has 314 valence electrons. The standard InChI is InChI=1S/C47H47F3N8O3/c1-3-43(34(2)61-31-35-10-5-4-6-11-35)58-45(59)57(33-53-58)40-21-19-39(20-22-40)55-28-26-54(27-29-55)38-17-14-36(15-18-38)37-16-23-44(51-30-37)47(49,50)46(60,32-56-25-9-24-52-56)41-12-7-8-13-42(41)48/h4-25,30,33-34,43,60H,3,26-29,31-32H2,1-2H3. The molecule has 1 fully saturated rings. The summed E-state index contributed by atoms with van der Waals surface area (Å²) in [5, 5.41) is 20.0. The van der Waals surface area contributed by atoms with E-state index < -0.39 is 35.1 Å². The second-order valence-electron chi connectivity index (χ2n) is 15.3. The average molecular weight is 829 g/mol. The van der Waals surface area contributed by atoms with E-state index in [2.05, 4.69) is 25.0 Å². The number of nitrogens with zero attached hydrogens (tertiary/aromatic N) is 8. The zero-order valence-electron chi connectivity index (χ0n) is 33.9.